The Morgan fingerprint density at radius 1 is 1.17 bits per heavy atom. The normalized spacial score (nSPS) is 11.0. The first-order valence-corrected chi connectivity index (χ1v) is 7.84. The summed E-state index contributed by atoms with van der Waals surface area (Å²) in [6, 6.07) is 7.42. The lowest BCUT2D eigenvalue weighted by molar-refractivity contribution is 0.799. The van der Waals surface area contributed by atoms with Crippen molar-refractivity contribution < 1.29 is 0 Å². The Bertz CT molecular complexity index is 902. The Hall–Kier alpha value is -2.04. The van der Waals surface area contributed by atoms with Gasteiger partial charge in [-0.15, -0.1) is 0 Å². The summed E-state index contributed by atoms with van der Waals surface area (Å²) in [4.78, 5) is 16.3. The van der Waals surface area contributed by atoms with Crippen LogP contribution in [0.4, 0.5) is 0 Å². The van der Waals surface area contributed by atoms with Gasteiger partial charge in [0.05, 0.1) is 10.0 Å². The second-order valence-corrected chi connectivity index (χ2v) is 6.27. The van der Waals surface area contributed by atoms with E-state index in [-0.39, 0.29) is 5.56 Å². The smallest absolute Gasteiger partial charge is 0.253 e. The standard InChI is InChI=1S/C17H15Cl2N3O/c1-11-7-13(10-21(2)17(11)23)16-20-5-6-22(16)9-12-3-4-14(18)15(19)8-12/h3-8,10H,9H2,1-2H3. The maximum Gasteiger partial charge on any atom is 0.253 e. The van der Waals surface area contributed by atoms with Crippen LogP contribution in [-0.2, 0) is 13.6 Å². The topological polar surface area (TPSA) is 39.8 Å². The van der Waals surface area contributed by atoms with Crippen LogP contribution in [0.5, 0.6) is 0 Å². The van der Waals surface area contributed by atoms with Crippen molar-refractivity contribution in [1.82, 2.24) is 14.1 Å². The average molecular weight is 348 g/mol. The number of halogens is 2. The average Bonchev–Trinajstić information content (AvgIpc) is 2.96. The molecule has 0 atom stereocenters. The minimum absolute atomic E-state index is 0.00339. The van der Waals surface area contributed by atoms with Gasteiger partial charge in [-0.2, -0.15) is 0 Å². The zero-order valence-corrected chi connectivity index (χ0v) is 14.3. The molecular weight excluding hydrogens is 333 g/mol. The predicted molar refractivity (Wildman–Crippen MR) is 93.2 cm³/mol. The van der Waals surface area contributed by atoms with Crippen LogP contribution < -0.4 is 5.56 Å². The van der Waals surface area contributed by atoms with Gasteiger partial charge in [0.2, 0.25) is 0 Å². The van der Waals surface area contributed by atoms with Crippen LogP contribution in [0.3, 0.4) is 0 Å². The molecule has 0 fully saturated rings. The minimum Gasteiger partial charge on any atom is -0.327 e. The highest BCUT2D eigenvalue weighted by Crippen LogP contribution is 2.24. The van der Waals surface area contributed by atoms with Crippen LogP contribution in [0.2, 0.25) is 10.0 Å². The molecule has 0 aliphatic carbocycles. The highest BCUT2D eigenvalue weighted by atomic mass is 35.5. The lowest BCUT2D eigenvalue weighted by Gasteiger charge is -2.10. The number of imidazole rings is 1. The van der Waals surface area contributed by atoms with Gasteiger partial charge in [0.1, 0.15) is 5.82 Å². The van der Waals surface area contributed by atoms with Crippen LogP contribution >= 0.6 is 23.2 Å². The Kier molecular flexibility index (Phi) is 4.28. The largest absolute Gasteiger partial charge is 0.327 e. The minimum atomic E-state index is -0.00339. The summed E-state index contributed by atoms with van der Waals surface area (Å²) < 4.78 is 3.58. The van der Waals surface area contributed by atoms with Gasteiger partial charge in [-0.1, -0.05) is 29.3 Å². The fraction of sp³-hybridized carbons (Fsp3) is 0.176. The lowest BCUT2D eigenvalue weighted by atomic mass is 10.2. The molecule has 1 aromatic carbocycles. The Morgan fingerprint density at radius 3 is 2.65 bits per heavy atom. The molecule has 3 aromatic rings. The molecule has 0 amide bonds. The van der Waals surface area contributed by atoms with Crippen LogP contribution in [0, 0.1) is 6.92 Å². The van der Waals surface area contributed by atoms with E-state index < -0.39 is 0 Å². The number of aromatic nitrogens is 3. The maximum atomic E-state index is 11.8. The van der Waals surface area contributed by atoms with E-state index in [2.05, 4.69) is 4.98 Å². The Balaban J connectivity index is 1.99. The molecule has 4 nitrogen and oxygen atoms in total. The zero-order chi connectivity index (χ0) is 16.6. The number of hydrogen-bond donors (Lipinski definition) is 0. The van der Waals surface area contributed by atoms with Gasteiger partial charge in [0, 0.05) is 43.3 Å². The van der Waals surface area contributed by atoms with Crippen molar-refractivity contribution in [3.05, 3.63) is 74.4 Å². The summed E-state index contributed by atoms with van der Waals surface area (Å²) in [7, 11) is 1.74. The van der Waals surface area contributed by atoms with Crippen LogP contribution in [-0.4, -0.2) is 14.1 Å². The molecule has 0 aliphatic heterocycles. The highest BCUT2D eigenvalue weighted by molar-refractivity contribution is 6.42. The number of nitrogens with zero attached hydrogens (tertiary/aromatic N) is 3. The quantitative estimate of drug-likeness (QED) is 0.720. The molecule has 118 valence electrons. The summed E-state index contributed by atoms with van der Waals surface area (Å²) in [6.07, 6.45) is 5.44. The monoisotopic (exact) mass is 347 g/mol. The van der Waals surface area contributed by atoms with Crippen molar-refractivity contribution >= 4 is 23.2 Å². The van der Waals surface area contributed by atoms with Crippen molar-refractivity contribution in [2.45, 2.75) is 13.5 Å². The molecule has 0 saturated heterocycles. The molecule has 0 N–H and O–H groups in total. The van der Waals surface area contributed by atoms with Crippen LogP contribution in [0.1, 0.15) is 11.1 Å². The van der Waals surface area contributed by atoms with Crippen molar-refractivity contribution in [2.75, 3.05) is 0 Å². The third-order valence-corrected chi connectivity index (χ3v) is 4.41. The molecule has 0 bridgehead atoms. The zero-order valence-electron chi connectivity index (χ0n) is 12.8. The van der Waals surface area contributed by atoms with E-state index in [0.29, 0.717) is 22.2 Å². The Labute approximate surface area is 143 Å². The van der Waals surface area contributed by atoms with Crippen LogP contribution in [0.15, 0.2) is 47.7 Å². The molecule has 0 unspecified atom stereocenters. The van der Waals surface area contributed by atoms with Crippen molar-refractivity contribution in [1.29, 1.82) is 0 Å². The number of pyridine rings is 1. The van der Waals surface area contributed by atoms with E-state index in [9.17, 15) is 4.79 Å². The summed E-state index contributed by atoms with van der Waals surface area (Å²) in [6.45, 7) is 2.42. The van der Waals surface area contributed by atoms with Gasteiger partial charge in [-0.05, 0) is 30.7 Å². The number of aryl methyl sites for hydroxylation is 2. The second kappa shape index (κ2) is 6.22. The molecule has 0 radical (unpaired) electrons. The van der Waals surface area contributed by atoms with Crippen molar-refractivity contribution in [3.8, 4) is 11.4 Å². The van der Waals surface area contributed by atoms with Crippen molar-refractivity contribution in [3.63, 3.8) is 0 Å². The van der Waals surface area contributed by atoms with Crippen molar-refractivity contribution in [2.24, 2.45) is 7.05 Å². The number of rotatable bonds is 3. The summed E-state index contributed by atoms with van der Waals surface area (Å²) >= 11 is 12.0. The number of benzene rings is 1. The predicted octanol–water partition coefficient (Wildman–Crippen LogP) is 3.91. The third kappa shape index (κ3) is 3.19. The van der Waals surface area contributed by atoms with Gasteiger partial charge in [-0.3, -0.25) is 4.79 Å². The SMILES string of the molecule is Cc1cc(-c2nccn2Cc2ccc(Cl)c(Cl)c2)cn(C)c1=O. The molecule has 0 spiro atoms. The summed E-state index contributed by atoms with van der Waals surface area (Å²) in [5.74, 6) is 0.801. The lowest BCUT2D eigenvalue weighted by Crippen LogP contribution is -2.18. The fourth-order valence-corrected chi connectivity index (χ4v) is 2.85. The molecule has 0 saturated carbocycles. The second-order valence-electron chi connectivity index (χ2n) is 5.46. The molecule has 6 heteroatoms. The van der Waals surface area contributed by atoms with Gasteiger partial charge < -0.3 is 9.13 Å². The van der Waals surface area contributed by atoms with Gasteiger partial charge in [-0.25, -0.2) is 4.98 Å². The molecular formula is C17H15Cl2N3O. The van der Waals surface area contributed by atoms with E-state index in [1.54, 1.807) is 37.0 Å². The molecule has 2 aromatic heterocycles. The molecule has 0 aliphatic rings. The van der Waals surface area contributed by atoms with Gasteiger partial charge in [0.25, 0.3) is 5.56 Å². The fourth-order valence-electron chi connectivity index (χ4n) is 2.53. The van der Waals surface area contributed by atoms with E-state index >= 15 is 0 Å². The van der Waals surface area contributed by atoms with E-state index in [0.717, 1.165) is 17.0 Å². The molecule has 23 heavy (non-hydrogen) atoms. The summed E-state index contributed by atoms with van der Waals surface area (Å²) in [5, 5.41) is 1.07. The first-order chi connectivity index (χ1) is 11.0. The number of hydrogen-bond acceptors (Lipinski definition) is 2. The summed E-state index contributed by atoms with van der Waals surface area (Å²) in [5.41, 5.74) is 2.61. The molecule has 2 heterocycles. The maximum absolute atomic E-state index is 11.8. The van der Waals surface area contributed by atoms with E-state index in [4.69, 9.17) is 23.2 Å². The Morgan fingerprint density at radius 2 is 1.96 bits per heavy atom. The third-order valence-electron chi connectivity index (χ3n) is 3.67. The van der Waals surface area contributed by atoms with E-state index in [1.165, 1.54) is 0 Å². The van der Waals surface area contributed by atoms with Crippen LogP contribution in [0.25, 0.3) is 11.4 Å². The first-order valence-electron chi connectivity index (χ1n) is 7.08. The molecule has 3 rings (SSSR count). The van der Waals surface area contributed by atoms with Gasteiger partial charge >= 0.3 is 0 Å². The first kappa shape index (κ1) is 15.8. The highest BCUT2D eigenvalue weighted by Gasteiger charge is 2.10. The van der Waals surface area contributed by atoms with E-state index in [1.807, 2.05) is 29.0 Å². The van der Waals surface area contributed by atoms with Gasteiger partial charge in [0.15, 0.2) is 0 Å².